The fourth-order valence-electron chi connectivity index (χ4n) is 5.80. The number of furan rings is 1. The van der Waals surface area contributed by atoms with Crippen molar-refractivity contribution in [2.24, 2.45) is 0 Å². The minimum Gasteiger partial charge on any atom is -0.455 e. The third kappa shape index (κ3) is 3.72. The van der Waals surface area contributed by atoms with Crippen molar-refractivity contribution in [2.45, 2.75) is 25.8 Å². The highest BCUT2D eigenvalue weighted by Crippen LogP contribution is 2.42. The van der Waals surface area contributed by atoms with Crippen molar-refractivity contribution in [3.63, 3.8) is 0 Å². The first kappa shape index (κ1) is 22.6. The van der Waals surface area contributed by atoms with E-state index in [1.165, 1.54) is 33.5 Å². The topological polar surface area (TPSA) is 16.4 Å². The average Bonchev–Trinajstić information content (AvgIpc) is 3.34. The number of aryl methyl sites for hydroxylation is 1. The molecule has 1 heterocycles. The van der Waals surface area contributed by atoms with Gasteiger partial charge >= 0.3 is 0 Å². The van der Waals surface area contributed by atoms with E-state index in [1.54, 1.807) is 0 Å². The van der Waals surface area contributed by atoms with Crippen LogP contribution in [0.1, 0.15) is 24.5 Å². The van der Waals surface area contributed by atoms with E-state index in [9.17, 15) is 0 Å². The number of hydrogen-bond acceptors (Lipinski definition) is 2. The second-order valence-electron chi connectivity index (χ2n) is 10.5. The highest BCUT2D eigenvalue weighted by atomic mass is 16.3. The summed E-state index contributed by atoms with van der Waals surface area (Å²) >= 11 is 0. The zero-order chi connectivity index (χ0) is 25.7. The highest BCUT2D eigenvalue weighted by Gasteiger charge is 2.32. The van der Waals surface area contributed by atoms with Crippen molar-refractivity contribution in [3.05, 3.63) is 139 Å². The molecule has 0 aliphatic heterocycles. The third-order valence-corrected chi connectivity index (χ3v) is 7.87. The summed E-state index contributed by atoms with van der Waals surface area (Å²) in [6.07, 6.45) is 7.92. The summed E-state index contributed by atoms with van der Waals surface area (Å²) in [6.45, 7) is 4.47. The van der Waals surface area contributed by atoms with E-state index >= 15 is 0 Å². The molecule has 0 fully saturated rings. The molecule has 0 saturated carbocycles. The Labute approximate surface area is 223 Å². The number of benzene rings is 5. The normalized spacial score (nSPS) is 17.3. The van der Waals surface area contributed by atoms with Gasteiger partial charge in [0.05, 0.1) is 5.54 Å². The van der Waals surface area contributed by atoms with E-state index in [1.807, 2.05) is 12.1 Å². The maximum absolute atomic E-state index is 6.32. The highest BCUT2D eigenvalue weighted by molar-refractivity contribution is 6.15. The Morgan fingerprint density at radius 1 is 0.711 bits per heavy atom. The van der Waals surface area contributed by atoms with Crippen molar-refractivity contribution in [3.8, 4) is 0 Å². The molecule has 38 heavy (non-hydrogen) atoms. The van der Waals surface area contributed by atoms with Crippen molar-refractivity contribution >= 4 is 49.7 Å². The molecule has 2 nitrogen and oxygen atoms in total. The molecule has 0 saturated heterocycles. The first-order valence-corrected chi connectivity index (χ1v) is 13.2. The smallest absolute Gasteiger partial charge is 0.143 e. The van der Waals surface area contributed by atoms with Crippen LogP contribution in [0.4, 0.5) is 11.4 Å². The Morgan fingerprint density at radius 3 is 2.24 bits per heavy atom. The monoisotopic (exact) mass is 491 g/mol. The Kier molecular flexibility index (Phi) is 5.23. The van der Waals surface area contributed by atoms with Gasteiger partial charge in [0.25, 0.3) is 0 Å². The second-order valence-corrected chi connectivity index (χ2v) is 10.5. The molecule has 1 unspecified atom stereocenters. The zero-order valence-electron chi connectivity index (χ0n) is 21.7. The number of rotatable bonds is 4. The van der Waals surface area contributed by atoms with Crippen LogP contribution >= 0.6 is 0 Å². The van der Waals surface area contributed by atoms with Gasteiger partial charge in [-0.2, -0.15) is 0 Å². The molecular weight excluding hydrogens is 462 g/mol. The quantitative estimate of drug-likeness (QED) is 0.244. The summed E-state index contributed by atoms with van der Waals surface area (Å²) in [5, 5.41) is 4.64. The van der Waals surface area contributed by atoms with Crippen LogP contribution in [0.15, 0.2) is 132 Å². The van der Waals surface area contributed by atoms with Crippen LogP contribution in [-0.4, -0.2) is 5.54 Å². The van der Waals surface area contributed by atoms with Crippen LogP contribution in [0.5, 0.6) is 0 Å². The summed E-state index contributed by atoms with van der Waals surface area (Å²) in [4.78, 5) is 2.48. The molecule has 6 aromatic rings. The molecule has 0 spiro atoms. The molecule has 1 aliphatic carbocycles. The van der Waals surface area contributed by atoms with Gasteiger partial charge in [0.2, 0.25) is 0 Å². The van der Waals surface area contributed by atoms with E-state index < -0.39 is 0 Å². The summed E-state index contributed by atoms with van der Waals surface area (Å²) in [5.74, 6) is 0. The van der Waals surface area contributed by atoms with E-state index in [0.717, 1.165) is 33.7 Å². The van der Waals surface area contributed by atoms with Crippen LogP contribution in [0, 0.1) is 6.92 Å². The summed E-state index contributed by atoms with van der Waals surface area (Å²) in [6, 6.07) is 38.9. The fourth-order valence-corrected chi connectivity index (χ4v) is 5.80. The van der Waals surface area contributed by atoms with Crippen molar-refractivity contribution in [1.29, 1.82) is 0 Å². The standard InChI is InChI=1S/C36H29NO/c1-25-12-15-29(16-13-25)37(36(2)22-20-27(21-23-36)26-8-4-3-5-9-26)30-17-19-31-28(24-30)14-18-33-32-10-6-7-11-34(32)38-35(31)33/h3-22,24H,23H2,1-2H3. The Morgan fingerprint density at radius 2 is 1.45 bits per heavy atom. The van der Waals surface area contributed by atoms with Gasteiger partial charge in [0.15, 0.2) is 0 Å². The average molecular weight is 492 g/mol. The van der Waals surface area contributed by atoms with Crippen LogP contribution in [0.3, 0.4) is 0 Å². The Bertz CT molecular complexity index is 1860. The molecule has 1 aromatic heterocycles. The van der Waals surface area contributed by atoms with Gasteiger partial charge in [-0.1, -0.05) is 90.5 Å². The molecule has 2 heteroatoms. The predicted molar refractivity (Wildman–Crippen MR) is 161 cm³/mol. The van der Waals surface area contributed by atoms with Gasteiger partial charge in [0, 0.05) is 27.5 Å². The minimum absolute atomic E-state index is 0.218. The maximum Gasteiger partial charge on any atom is 0.143 e. The number of para-hydroxylation sites is 1. The molecule has 0 N–H and O–H groups in total. The molecule has 0 radical (unpaired) electrons. The van der Waals surface area contributed by atoms with Crippen LogP contribution < -0.4 is 4.90 Å². The maximum atomic E-state index is 6.32. The van der Waals surface area contributed by atoms with Gasteiger partial charge in [-0.3, -0.25) is 0 Å². The van der Waals surface area contributed by atoms with E-state index in [2.05, 4.69) is 134 Å². The lowest BCUT2D eigenvalue weighted by Crippen LogP contribution is -2.42. The summed E-state index contributed by atoms with van der Waals surface area (Å²) in [7, 11) is 0. The SMILES string of the molecule is Cc1ccc(N(c2ccc3c(ccc4c5ccccc5oc34)c2)C2(C)C=CC(c3ccccc3)=CC2)cc1. The predicted octanol–water partition coefficient (Wildman–Crippen LogP) is 9.99. The number of allylic oxidation sites excluding steroid dienone is 2. The number of nitrogens with zero attached hydrogens (tertiary/aromatic N) is 1. The molecule has 7 rings (SSSR count). The molecule has 1 aliphatic rings. The number of hydrogen-bond donors (Lipinski definition) is 0. The Hall–Kier alpha value is -4.56. The largest absolute Gasteiger partial charge is 0.455 e. The molecule has 1 atom stereocenters. The van der Waals surface area contributed by atoms with Crippen LogP contribution in [-0.2, 0) is 0 Å². The lowest BCUT2D eigenvalue weighted by atomic mass is 9.85. The van der Waals surface area contributed by atoms with E-state index in [4.69, 9.17) is 4.42 Å². The van der Waals surface area contributed by atoms with Gasteiger partial charge in [-0.25, -0.2) is 0 Å². The van der Waals surface area contributed by atoms with Crippen LogP contribution in [0.25, 0.3) is 38.3 Å². The second kappa shape index (κ2) is 8.78. The molecule has 184 valence electrons. The van der Waals surface area contributed by atoms with E-state index in [0.29, 0.717) is 0 Å². The van der Waals surface area contributed by atoms with Crippen molar-refractivity contribution in [2.75, 3.05) is 4.90 Å². The third-order valence-electron chi connectivity index (χ3n) is 7.87. The molecular formula is C36H29NO. The summed E-state index contributed by atoms with van der Waals surface area (Å²) < 4.78 is 6.32. The first-order chi connectivity index (χ1) is 18.6. The van der Waals surface area contributed by atoms with Gasteiger partial charge < -0.3 is 9.32 Å². The molecule has 0 bridgehead atoms. The fraction of sp³-hybridized carbons (Fsp3) is 0.111. The van der Waals surface area contributed by atoms with Gasteiger partial charge in [-0.15, -0.1) is 0 Å². The number of fused-ring (bicyclic) bond motifs is 5. The number of anilines is 2. The lowest BCUT2D eigenvalue weighted by molar-refractivity contribution is 0.571. The van der Waals surface area contributed by atoms with Gasteiger partial charge in [-0.05, 0) is 79.3 Å². The zero-order valence-corrected chi connectivity index (χ0v) is 21.7. The molecule has 0 amide bonds. The molecule has 5 aromatic carbocycles. The lowest BCUT2D eigenvalue weighted by Gasteiger charge is -2.42. The van der Waals surface area contributed by atoms with Crippen molar-refractivity contribution < 1.29 is 4.42 Å². The summed E-state index contributed by atoms with van der Waals surface area (Å²) in [5.41, 5.74) is 7.81. The van der Waals surface area contributed by atoms with Crippen LogP contribution in [0.2, 0.25) is 0 Å². The van der Waals surface area contributed by atoms with Crippen molar-refractivity contribution in [1.82, 2.24) is 0 Å². The van der Waals surface area contributed by atoms with E-state index in [-0.39, 0.29) is 5.54 Å². The Balaban J connectivity index is 1.35. The minimum atomic E-state index is -0.218. The first-order valence-electron chi connectivity index (χ1n) is 13.2. The van der Waals surface area contributed by atoms with Gasteiger partial charge in [0.1, 0.15) is 11.2 Å².